The van der Waals surface area contributed by atoms with E-state index in [4.69, 9.17) is 14.2 Å². The van der Waals surface area contributed by atoms with E-state index in [1.807, 2.05) is 34.6 Å². The van der Waals surface area contributed by atoms with Gasteiger partial charge in [-0.2, -0.15) is 4.98 Å². The molecule has 2 aromatic heterocycles. The smallest absolute Gasteiger partial charge is 0.265 e. The lowest BCUT2D eigenvalue weighted by Gasteiger charge is -2.24. The SMILES string of the molecule is CC.CCC.COc1ccccc1Oc1c(OCCO)nc(-c2ncccn2)nc1N(C)S(=O)(=O)c1ccc(C(C)(C)C)cc1. The van der Waals surface area contributed by atoms with Crippen molar-refractivity contribution in [3.8, 4) is 34.8 Å². The van der Waals surface area contributed by atoms with E-state index in [2.05, 4.69) is 33.8 Å². The maximum atomic E-state index is 13.9. The topological polar surface area (TPSA) is 137 Å². The fourth-order valence-electron chi connectivity index (χ4n) is 3.69. The van der Waals surface area contributed by atoms with Crippen LogP contribution >= 0.6 is 0 Å². The summed E-state index contributed by atoms with van der Waals surface area (Å²) in [6, 6.07) is 15.1. The minimum atomic E-state index is -4.13. The summed E-state index contributed by atoms with van der Waals surface area (Å²) in [5.74, 6) is 0.458. The second-order valence-corrected chi connectivity index (χ2v) is 12.3. The lowest BCUT2D eigenvalue weighted by molar-refractivity contribution is 0.192. The van der Waals surface area contributed by atoms with Crippen LogP contribution in [0, 0.1) is 0 Å². The van der Waals surface area contributed by atoms with Crippen LogP contribution in [0.25, 0.3) is 11.6 Å². The molecule has 0 aliphatic carbocycles. The van der Waals surface area contributed by atoms with Crippen molar-refractivity contribution in [3.63, 3.8) is 0 Å². The van der Waals surface area contributed by atoms with Crippen LogP contribution in [-0.4, -0.2) is 60.8 Å². The average molecular weight is 640 g/mol. The third-order valence-corrected chi connectivity index (χ3v) is 7.63. The third-order valence-electron chi connectivity index (χ3n) is 5.87. The first-order chi connectivity index (χ1) is 21.5. The second-order valence-electron chi connectivity index (χ2n) is 10.4. The van der Waals surface area contributed by atoms with E-state index in [-0.39, 0.29) is 58.4 Å². The Morgan fingerprint density at radius 2 is 1.44 bits per heavy atom. The zero-order valence-electron chi connectivity index (χ0n) is 27.6. The van der Waals surface area contributed by atoms with Crippen LogP contribution in [0.15, 0.2) is 71.9 Å². The second kappa shape index (κ2) is 17.3. The van der Waals surface area contributed by atoms with Crippen molar-refractivity contribution < 1.29 is 27.7 Å². The van der Waals surface area contributed by atoms with Crippen molar-refractivity contribution >= 4 is 15.8 Å². The monoisotopic (exact) mass is 639 g/mol. The molecule has 0 unspecified atom stereocenters. The summed E-state index contributed by atoms with van der Waals surface area (Å²) in [5, 5.41) is 9.45. The predicted molar refractivity (Wildman–Crippen MR) is 177 cm³/mol. The number of anilines is 1. The number of hydrogen-bond acceptors (Lipinski definition) is 10. The third kappa shape index (κ3) is 9.60. The predicted octanol–water partition coefficient (Wildman–Crippen LogP) is 6.67. The van der Waals surface area contributed by atoms with E-state index in [0.717, 1.165) is 9.87 Å². The summed E-state index contributed by atoms with van der Waals surface area (Å²) < 4.78 is 46.0. The van der Waals surface area contributed by atoms with Gasteiger partial charge in [0, 0.05) is 19.4 Å². The zero-order chi connectivity index (χ0) is 33.6. The molecule has 0 radical (unpaired) electrons. The number of nitrogens with zero attached hydrogens (tertiary/aromatic N) is 5. The lowest BCUT2D eigenvalue weighted by atomic mass is 9.87. The van der Waals surface area contributed by atoms with Gasteiger partial charge in [0.2, 0.25) is 11.6 Å². The maximum absolute atomic E-state index is 13.9. The van der Waals surface area contributed by atoms with Crippen LogP contribution in [0.5, 0.6) is 23.1 Å². The minimum Gasteiger partial charge on any atom is -0.493 e. The molecule has 0 saturated carbocycles. The van der Waals surface area contributed by atoms with E-state index < -0.39 is 10.0 Å². The van der Waals surface area contributed by atoms with E-state index in [1.165, 1.54) is 33.0 Å². The Hall–Kier alpha value is -4.29. The summed E-state index contributed by atoms with van der Waals surface area (Å²) in [5.41, 5.74) is 0.833. The number of rotatable bonds is 10. The Bertz CT molecular complexity index is 1580. The Morgan fingerprint density at radius 1 is 0.867 bits per heavy atom. The van der Waals surface area contributed by atoms with Crippen LogP contribution in [0.1, 0.15) is 60.5 Å². The molecule has 12 heteroatoms. The van der Waals surface area contributed by atoms with Crippen LogP contribution in [-0.2, 0) is 15.4 Å². The van der Waals surface area contributed by atoms with Gasteiger partial charge in [-0.15, -0.1) is 0 Å². The van der Waals surface area contributed by atoms with E-state index in [9.17, 15) is 13.5 Å². The molecule has 2 aromatic carbocycles. The van der Waals surface area contributed by atoms with Gasteiger partial charge < -0.3 is 19.3 Å². The normalized spacial score (nSPS) is 10.9. The van der Waals surface area contributed by atoms with Gasteiger partial charge in [-0.1, -0.05) is 79.2 Å². The van der Waals surface area contributed by atoms with Crippen LogP contribution in [0.4, 0.5) is 5.82 Å². The molecular formula is C33H45N5O6S. The number of aliphatic hydroxyl groups is 1. The van der Waals surface area contributed by atoms with E-state index >= 15 is 0 Å². The molecule has 2 heterocycles. The molecule has 4 rings (SSSR count). The van der Waals surface area contributed by atoms with Crippen LogP contribution < -0.4 is 18.5 Å². The summed E-state index contributed by atoms with van der Waals surface area (Å²) in [6.07, 6.45) is 4.27. The first-order valence-electron chi connectivity index (χ1n) is 14.8. The molecular weight excluding hydrogens is 594 g/mol. The van der Waals surface area contributed by atoms with Gasteiger partial charge in [-0.3, -0.25) is 0 Å². The average Bonchev–Trinajstić information content (AvgIpc) is 3.05. The van der Waals surface area contributed by atoms with Crippen molar-refractivity contribution in [2.45, 2.75) is 65.2 Å². The quantitative estimate of drug-likeness (QED) is 0.200. The Morgan fingerprint density at radius 3 is 1.98 bits per heavy atom. The zero-order valence-corrected chi connectivity index (χ0v) is 28.4. The minimum absolute atomic E-state index is 0.000969. The molecule has 0 bridgehead atoms. The first kappa shape index (κ1) is 36.9. The first-order valence-corrected chi connectivity index (χ1v) is 16.2. The van der Waals surface area contributed by atoms with Crippen LogP contribution in [0.2, 0.25) is 0 Å². The van der Waals surface area contributed by atoms with Gasteiger partial charge in [-0.05, 0) is 41.3 Å². The largest absolute Gasteiger partial charge is 0.493 e. The molecule has 1 N–H and O–H groups in total. The standard InChI is InChI=1S/C28H31N5O6S.C3H8.C2H6/c1-28(2,3)19-11-13-20(14-12-19)40(35,36)33(4)26-23(39-22-10-7-6-9-21(22)37-5)27(38-18-17-34)32-25(31-26)24-29-15-8-16-30-24;1-3-2;1-2/h6-16,34H,17-18H2,1-5H3;3H2,1-2H3;1-2H3. The molecule has 0 fully saturated rings. The highest BCUT2D eigenvalue weighted by Crippen LogP contribution is 2.43. The number of methoxy groups -OCH3 is 1. The van der Waals surface area contributed by atoms with Gasteiger partial charge in [0.25, 0.3) is 15.9 Å². The Labute approximate surface area is 267 Å². The number of benzene rings is 2. The van der Waals surface area contributed by atoms with Crippen molar-refractivity contribution in [2.24, 2.45) is 0 Å². The van der Waals surface area contributed by atoms with E-state index in [1.54, 1.807) is 54.6 Å². The molecule has 0 aliphatic rings. The number of aliphatic hydroxyl groups excluding tert-OH is 1. The highest BCUT2D eigenvalue weighted by molar-refractivity contribution is 7.92. The molecule has 0 aliphatic heterocycles. The molecule has 244 valence electrons. The molecule has 0 amide bonds. The number of hydrogen-bond donors (Lipinski definition) is 1. The van der Waals surface area contributed by atoms with Gasteiger partial charge >= 0.3 is 0 Å². The summed E-state index contributed by atoms with van der Waals surface area (Å²) in [7, 11) is -1.30. The highest BCUT2D eigenvalue weighted by atomic mass is 32.2. The number of ether oxygens (including phenoxy) is 3. The molecule has 0 saturated heterocycles. The van der Waals surface area contributed by atoms with Crippen molar-refractivity contribution in [1.29, 1.82) is 0 Å². The summed E-state index contributed by atoms with van der Waals surface area (Å²) in [6.45, 7) is 13.9. The number of sulfonamides is 1. The van der Waals surface area contributed by atoms with Gasteiger partial charge in [0.1, 0.15) is 6.61 Å². The van der Waals surface area contributed by atoms with Crippen molar-refractivity contribution in [1.82, 2.24) is 19.9 Å². The fraction of sp³-hybridized carbons (Fsp3) is 0.394. The molecule has 4 aromatic rings. The molecule has 45 heavy (non-hydrogen) atoms. The highest BCUT2D eigenvalue weighted by Gasteiger charge is 2.31. The number of para-hydroxylation sites is 2. The van der Waals surface area contributed by atoms with Crippen molar-refractivity contribution in [2.75, 3.05) is 31.7 Å². The molecule has 0 spiro atoms. The summed E-state index contributed by atoms with van der Waals surface area (Å²) in [4.78, 5) is 17.4. The van der Waals surface area contributed by atoms with Crippen molar-refractivity contribution in [3.05, 3.63) is 72.6 Å². The van der Waals surface area contributed by atoms with E-state index in [0.29, 0.717) is 5.75 Å². The van der Waals surface area contributed by atoms with Gasteiger partial charge in [0.15, 0.2) is 23.1 Å². The fourth-order valence-corrected chi connectivity index (χ4v) is 4.84. The Balaban J connectivity index is 0.00000133. The maximum Gasteiger partial charge on any atom is 0.265 e. The van der Waals surface area contributed by atoms with Crippen LogP contribution in [0.3, 0.4) is 0 Å². The summed E-state index contributed by atoms with van der Waals surface area (Å²) >= 11 is 0. The van der Waals surface area contributed by atoms with Gasteiger partial charge in [0.05, 0.1) is 18.6 Å². The number of aromatic nitrogens is 4. The lowest BCUT2D eigenvalue weighted by Crippen LogP contribution is -2.28. The Kier molecular flexibility index (Phi) is 14.2. The molecule has 11 nitrogen and oxygen atoms in total. The molecule has 0 atom stereocenters. The van der Waals surface area contributed by atoms with Gasteiger partial charge in [-0.25, -0.2) is 27.7 Å².